The van der Waals surface area contributed by atoms with Crippen LogP contribution < -0.4 is 5.73 Å². The lowest BCUT2D eigenvalue weighted by Crippen LogP contribution is -2.33. The average Bonchev–Trinajstić information content (AvgIpc) is 3.31. The number of rotatable bonds is 3. The van der Waals surface area contributed by atoms with E-state index >= 15 is 0 Å². The van der Waals surface area contributed by atoms with E-state index in [-0.39, 0.29) is 23.7 Å². The molecule has 0 unspecified atom stereocenters. The molecule has 9 heteroatoms. The Hall–Kier alpha value is -2.78. The molecule has 4 rings (SSSR count). The van der Waals surface area contributed by atoms with Gasteiger partial charge in [0.05, 0.1) is 6.04 Å². The Morgan fingerprint density at radius 2 is 2.12 bits per heavy atom. The number of hydrogen-bond donors (Lipinski definition) is 2. The van der Waals surface area contributed by atoms with Gasteiger partial charge in [0.25, 0.3) is 5.91 Å². The Morgan fingerprint density at radius 3 is 2.84 bits per heavy atom. The van der Waals surface area contributed by atoms with Crippen molar-refractivity contribution in [3.63, 3.8) is 0 Å². The van der Waals surface area contributed by atoms with Gasteiger partial charge < -0.3 is 20.1 Å². The molecule has 1 aliphatic heterocycles. The van der Waals surface area contributed by atoms with Gasteiger partial charge in [-0.2, -0.15) is 0 Å². The molecule has 25 heavy (non-hydrogen) atoms. The molecule has 2 atom stereocenters. The number of nitrogens with zero attached hydrogens (tertiary/aromatic N) is 4. The van der Waals surface area contributed by atoms with Gasteiger partial charge in [-0.25, -0.2) is 14.8 Å². The minimum atomic E-state index is -1.08. The number of likely N-dealkylation sites (tertiary alicyclic amines) is 1. The van der Waals surface area contributed by atoms with E-state index in [9.17, 15) is 9.59 Å². The molecule has 0 spiro atoms. The number of aromatic carboxylic acids is 1. The Kier molecular flexibility index (Phi) is 3.74. The van der Waals surface area contributed by atoms with Crippen LogP contribution in [0.1, 0.15) is 38.4 Å². The van der Waals surface area contributed by atoms with Gasteiger partial charge in [-0.3, -0.25) is 4.79 Å². The summed E-state index contributed by atoms with van der Waals surface area (Å²) in [6.45, 7) is 0.388. The molecule has 1 aliphatic rings. The highest BCUT2D eigenvalue weighted by atomic mass is 32.1. The van der Waals surface area contributed by atoms with Crippen LogP contribution in [0.3, 0.4) is 0 Å². The predicted molar refractivity (Wildman–Crippen MR) is 90.6 cm³/mol. The summed E-state index contributed by atoms with van der Waals surface area (Å²) >= 11 is 1.23. The summed E-state index contributed by atoms with van der Waals surface area (Å²) in [5.74, 6) is -1.31. The quantitative estimate of drug-likeness (QED) is 0.732. The molecule has 1 amide bonds. The zero-order valence-corrected chi connectivity index (χ0v) is 13.9. The van der Waals surface area contributed by atoms with Crippen LogP contribution in [0.2, 0.25) is 0 Å². The van der Waals surface area contributed by atoms with Crippen LogP contribution in [0.5, 0.6) is 0 Å². The number of carboxylic acids is 1. The van der Waals surface area contributed by atoms with E-state index in [1.54, 1.807) is 15.5 Å². The van der Waals surface area contributed by atoms with E-state index in [1.165, 1.54) is 16.7 Å². The fraction of sp³-hybridized carbons (Fsp3) is 0.250. The number of amides is 1. The van der Waals surface area contributed by atoms with Crippen molar-refractivity contribution in [1.29, 1.82) is 0 Å². The fourth-order valence-corrected chi connectivity index (χ4v) is 3.97. The van der Waals surface area contributed by atoms with E-state index < -0.39 is 5.97 Å². The maximum atomic E-state index is 12.9. The molecule has 1 saturated heterocycles. The van der Waals surface area contributed by atoms with E-state index in [0.29, 0.717) is 29.3 Å². The summed E-state index contributed by atoms with van der Waals surface area (Å²) in [6.07, 6.45) is 4.06. The highest BCUT2D eigenvalue weighted by Gasteiger charge is 2.37. The van der Waals surface area contributed by atoms with Crippen molar-refractivity contribution in [3.05, 3.63) is 52.4 Å². The first-order valence-corrected chi connectivity index (χ1v) is 8.60. The average molecular weight is 357 g/mol. The molecule has 3 N–H and O–H groups in total. The molecular weight excluding hydrogens is 342 g/mol. The maximum absolute atomic E-state index is 12.9. The number of thiazole rings is 1. The topological polar surface area (TPSA) is 114 Å². The first kappa shape index (κ1) is 15.7. The van der Waals surface area contributed by atoms with Gasteiger partial charge in [0.1, 0.15) is 16.3 Å². The number of fused-ring (bicyclic) bond motifs is 1. The second-order valence-electron chi connectivity index (χ2n) is 5.94. The van der Waals surface area contributed by atoms with Gasteiger partial charge >= 0.3 is 5.97 Å². The minimum absolute atomic E-state index is 0.0133. The number of carboxylic acid groups (broad SMARTS) is 1. The lowest BCUT2D eigenvalue weighted by molar-refractivity contribution is 0.0691. The van der Waals surface area contributed by atoms with E-state index in [0.717, 1.165) is 0 Å². The molecular formula is C16H15N5O3S. The van der Waals surface area contributed by atoms with Crippen molar-refractivity contribution >= 4 is 28.9 Å². The zero-order valence-electron chi connectivity index (χ0n) is 13.1. The van der Waals surface area contributed by atoms with Crippen LogP contribution in [-0.4, -0.2) is 48.8 Å². The Balaban J connectivity index is 1.66. The van der Waals surface area contributed by atoms with E-state index in [2.05, 4.69) is 9.97 Å². The van der Waals surface area contributed by atoms with Gasteiger partial charge in [-0.1, -0.05) is 6.07 Å². The standard InChI is InChI=1S/C16H15N5O3S/c17-9-5-12(14-19-11(8-25-14)16(23)24)21(6-9)15(22)10-7-20-4-2-1-3-13(20)18-10/h1-4,7-9,12H,5-6,17H2,(H,23,24)/t9-,12+/m1/s1. The molecule has 0 aliphatic carbocycles. The van der Waals surface area contributed by atoms with Crippen LogP contribution >= 0.6 is 11.3 Å². The van der Waals surface area contributed by atoms with Crippen molar-refractivity contribution in [2.24, 2.45) is 5.73 Å². The van der Waals surface area contributed by atoms with Crippen molar-refractivity contribution in [2.45, 2.75) is 18.5 Å². The van der Waals surface area contributed by atoms with Crippen LogP contribution in [0.4, 0.5) is 0 Å². The molecule has 4 heterocycles. The second kappa shape index (κ2) is 5.94. The third kappa shape index (κ3) is 2.77. The van der Waals surface area contributed by atoms with Gasteiger partial charge in [-0.15, -0.1) is 11.3 Å². The summed E-state index contributed by atoms with van der Waals surface area (Å²) < 4.78 is 1.78. The van der Waals surface area contributed by atoms with Crippen LogP contribution in [0.15, 0.2) is 36.0 Å². The third-order valence-electron chi connectivity index (χ3n) is 4.20. The molecule has 128 valence electrons. The number of imidazole rings is 1. The van der Waals surface area contributed by atoms with E-state index in [4.69, 9.17) is 10.8 Å². The number of hydrogen-bond acceptors (Lipinski definition) is 6. The summed E-state index contributed by atoms with van der Waals surface area (Å²) in [7, 11) is 0. The van der Waals surface area contributed by atoms with Crippen LogP contribution in [0.25, 0.3) is 5.65 Å². The summed E-state index contributed by atoms with van der Waals surface area (Å²) in [4.78, 5) is 34.1. The van der Waals surface area contributed by atoms with Crippen molar-refractivity contribution in [1.82, 2.24) is 19.3 Å². The predicted octanol–water partition coefficient (Wildman–Crippen LogP) is 1.40. The largest absolute Gasteiger partial charge is 0.476 e. The Labute approximate surface area is 146 Å². The highest BCUT2D eigenvalue weighted by Crippen LogP contribution is 2.34. The number of pyridine rings is 1. The molecule has 0 saturated carbocycles. The number of aromatic nitrogens is 3. The molecule has 0 aromatic carbocycles. The van der Waals surface area contributed by atoms with Crippen LogP contribution in [0, 0.1) is 0 Å². The molecule has 0 bridgehead atoms. The number of carbonyl (C=O) groups excluding carboxylic acids is 1. The highest BCUT2D eigenvalue weighted by molar-refractivity contribution is 7.09. The summed E-state index contributed by atoms with van der Waals surface area (Å²) in [5, 5.41) is 11.1. The van der Waals surface area contributed by atoms with Crippen molar-refractivity contribution < 1.29 is 14.7 Å². The Morgan fingerprint density at radius 1 is 1.28 bits per heavy atom. The monoisotopic (exact) mass is 357 g/mol. The number of carbonyl (C=O) groups is 2. The van der Waals surface area contributed by atoms with Gasteiger partial charge in [0, 0.05) is 30.4 Å². The lowest BCUT2D eigenvalue weighted by Gasteiger charge is -2.21. The zero-order chi connectivity index (χ0) is 17.6. The van der Waals surface area contributed by atoms with Gasteiger partial charge in [0.15, 0.2) is 5.69 Å². The van der Waals surface area contributed by atoms with Crippen molar-refractivity contribution in [3.8, 4) is 0 Å². The first-order valence-electron chi connectivity index (χ1n) is 7.72. The second-order valence-corrected chi connectivity index (χ2v) is 6.83. The molecule has 0 radical (unpaired) electrons. The summed E-state index contributed by atoms with van der Waals surface area (Å²) in [6, 6.07) is 5.03. The van der Waals surface area contributed by atoms with Gasteiger partial charge in [-0.05, 0) is 18.6 Å². The van der Waals surface area contributed by atoms with Crippen LogP contribution in [-0.2, 0) is 0 Å². The molecule has 8 nitrogen and oxygen atoms in total. The number of nitrogens with two attached hydrogens (primary N) is 1. The SMILES string of the molecule is N[C@@H]1C[C@@H](c2nc(C(=O)O)cs2)N(C(=O)c2cn3ccccc3n2)C1. The smallest absolute Gasteiger partial charge is 0.355 e. The molecule has 3 aromatic rings. The maximum Gasteiger partial charge on any atom is 0.355 e. The fourth-order valence-electron chi connectivity index (χ4n) is 3.05. The summed E-state index contributed by atoms with van der Waals surface area (Å²) in [5.41, 5.74) is 7.06. The lowest BCUT2D eigenvalue weighted by atomic mass is 10.2. The Bertz CT molecular complexity index is 932. The third-order valence-corrected chi connectivity index (χ3v) is 5.15. The first-order chi connectivity index (χ1) is 12.0. The van der Waals surface area contributed by atoms with E-state index in [1.807, 2.05) is 24.4 Å². The molecule has 3 aromatic heterocycles. The minimum Gasteiger partial charge on any atom is -0.476 e. The van der Waals surface area contributed by atoms with Gasteiger partial charge in [0.2, 0.25) is 0 Å². The normalized spacial score (nSPS) is 20.3. The van der Waals surface area contributed by atoms with Crippen molar-refractivity contribution in [2.75, 3.05) is 6.54 Å². The molecule has 1 fully saturated rings.